The molecule has 1 aromatic heterocycles. The van der Waals surface area contributed by atoms with Crippen molar-refractivity contribution in [1.82, 2.24) is 4.98 Å². The second kappa shape index (κ2) is 5.78. The van der Waals surface area contributed by atoms with E-state index in [4.69, 9.17) is 4.74 Å². The van der Waals surface area contributed by atoms with Gasteiger partial charge in [-0.15, -0.1) is 0 Å². The van der Waals surface area contributed by atoms with Crippen molar-refractivity contribution < 1.29 is 9.53 Å². The van der Waals surface area contributed by atoms with E-state index in [1.54, 1.807) is 6.20 Å². The molecule has 0 fully saturated rings. The van der Waals surface area contributed by atoms with Gasteiger partial charge >= 0.3 is 0 Å². The Morgan fingerprint density at radius 3 is 2.79 bits per heavy atom. The molecular weight excluding hydrogens is 306 g/mol. The number of carbonyl (C=O) groups is 1. The number of aromatic nitrogens is 1. The average molecular weight is 324 g/mol. The molecule has 0 aliphatic heterocycles. The Labute approximate surface area is 121 Å². The molecule has 0 radical (unpaired) electrons. The summed E-state index contributed by atoms with van der Waals surface area (Å²) >= 11 is 3.41. The minimum atomic E-state index is -0.138. The van der Waals surface area contributed by atoms with E-state index in [-0.39, 0.29) is 16.7 Å². The summed E-state index contributed by atoms with van der Waals surface area (Å²) in [5, 5.41) is 0.918. The summed E-state index contributed by atoms with van der Waals surface area (Å²) in [5.74, 6) is 0.897. The molecule has 0 amide bonds. The van der Waals surface area contributed by atoms with Crippen LogP contribution in [-0.2, 0) is 0 Å². The first kappa shape index (κ1) is 14.1. The van der Waals surface area contributed by atoms with Gasteiger partial charge in [0.1, 0.15) is 5.75 Å². The molecule has 0 saturated carbocycles. The molecular formula is C15H18BrNO2. The lowest BCUT2D eigenvalue weighted by molar-refractivity contribution is 0.0992. The summed E-state index contributed by atoms with van der Waals surface area (Å²) in [6.45, 7) is 5.96. The van der Waals surface area contributed by atoms with E-state index in [0.29, 0.717) is 5.56 Å². The Bertz CT molecular complexity index is 589. The Morgan fingerprint density at radius 2 is 2.16 bits per heavy atom. The molecule has 1 heterocycles. The lowest BCUT2D eigenvalue weighted by Gasteiger charge is -2.10. The zero-order valence-electron chi connectivity index (χ0n) is 11.4. The van der Waals surface area contributed by atoms with Crippen LogP contribution in [-0.4, -0.2) is 21.7 Å². The number of hydrogen-bond acceptors (Lipinski definition) is 2. The topological polar surface area (TPSA) is 42.1 Å². The first-order valence-electron chi connectivity index (χ1n) is 6.49. The van der Waals surface area contributed by atoms with Gasteiger partial charge in [-0.05, 0) is 38.5 Å². The number of carbonyl (C=O) groups excluding carboxylic acids is 1. The van der Waals surface area contributed by atoms with Gasteiger partial charge in [0.25, 0.3) is 0 Å². The van der Waals surface area contributed by atoms with Crippen LogP contribution in [0.25, 0.3) is 10.9 Å². The maximum Gasteiger partial charge on any atom is 0.178 e. The number of Topliss-reactive ketones (excluding diaryl/α,β-unsaturated/α-hetero) is 1. The predicted octanol–water partition coefficient (Wildman–Crippen LogP) is 4.31. The zero-order chi connectivity index (χ0) is 14.0. The van der Waals surface area contributed by atoms with Gasteiger partial charge in [0.15, 0.2) is 5.78 Å². The Balaban J connectivity index is 2.42. The quantitative estimate of drug-likeness (QED) is 0.658. The summed E-state index contributed by atoms with van der Waals surface area (Å²) in [7, 11) is 0. The van der Waals surface area contributed by atoms with Crippen molar-refractivity contribution in [2.75, 3.05) is 0 Å². The smallest absolute Gasteiger partial charge is 0.178 e. The van der Waals surface area contributed by atoms with Crippen LogP contribution < -0.4 is 4.74 Å². The normalized spacial score (nSPS) is 12.9. The van der Waals surface area contributed by atoms with E-state index >= 15 is 0 Å². The number of alkyl halides is 1. The van der Waals surface area contributed by atoms with Gasteiger partial charge < -0.3 is 9.72 Å². The van der Waals surface area contributed by atoms with Gasteiger partial charge in [-0.1, -0.05) is 22.9 Å². The number of ether oxygens (including phenoxy) is 1. The van der Waals surface area contributed by atoms with E-state index in [1.165, 1.54) is 0 Å². The van der Waals surface area contributed by atoms with Gasteiger partial charge in [-0.2, -0.15) is 0 Å². The van der Waals surface area contributed by atoms with E-state index in [0.717, 1.165) is 23.1 Å². The first-order chi connectivity index (χ1) is 9.02. The summed E-state index contributed by atoms with van der Waals surface area (Å²) in [4.78, 5) is 15.3. The fourth-order valence-corrected chi connectivity index (χ4v) is 2.25. The van der Waals surface area contributed by atoms with Crippen LogP contribution in [0, 0.1) is 0 Å². The number of ketones is 1. The van der Waals surface area contributed by atoms with Gasteiger partial charge in [0, 0.05) is 22.7 Å². The summed E-state index contributed by atoms with van der Waals surface area (Å²) < 4.78 is 5.68. The molecule has 102 valence electrons. The fraction of sp³-hybridized carbons (Fsp3) is 0.400. The molecule has 1 unspecified atom stereocenters. The van der Waals surface area contributed by atoms with Crippen LogP contribution in [0.5, 0.6) is 5.75 Å². The van der Waals surface area contributed by atoms with Gasteiger partial charge in [-0.3, -0.25) is 4.79 Å². The number of halogens is 1. The number of hydrogen-bond donors (Lipinski definition) is 1. The first-order valence-corrected chi connectivity index (χ1v) is 7.40. The van der Waals surface area contributed by atoms with Crippen molar-refractivity contribution in [3.63, 3.8) is 0 Å². The molecule has 1 atom stereocenters. The van der Waals surface area contributed by atoms with E-state index in [1.807, 2.05) is 39.0 Å². The van der Waals surface area contributed by atoms with Crippen LogP contribution in [0.4, 0.5) is 0 Å². The highest BCUT2D eigenvalue weighted by molar-refractivity contribution is 9.10. The second-order valence-corrected chi connectivity index (χ2v) is 5.92. The standard InChI is InChI=1S/C15H18BrNO2/c1-4-13(16)15(18)12-8-17-14-6-5-10(7-11(12)14)19-9(2)3/h5-9,13,17H,4H2,1-3H3. The van der Waals surface area contributed by atoms with E-state index < -0.39 is 0 Å². The van der Waals surface area contributed by atoms with Crippen molar-refractivity contribution in [3.05, 3.63) is 30.0 Å². The van der Waals surface area contributed by atoms with Crippen LogP contribution in [0.2, 0.25) is 0 Å². The van der Waals surface area contributed by atoms with E-state index in [9.17, 15) is 4.79 Å². The Morgan fingerprint density at radius 1 is 1.42 bits per heavy atom. The predicted molar refractivity (Wildman–Crippen MR) is 81.4 cm³/mol. The zero-order valence-corrected chi connectivity index (χ0v) is 13.0. The van der Waals surface area contributed by atoms with Gasteiger partial charge in [-0.25, -0.2) is 0 Å². The van der Waals surface area contributed by atoms with Crippen molar-refractivity contribution in [1.29, 1.82) is 0 Å². The molecule has 1 aromatic carbocycles. The van der Waals surface area contributed by atoms with Crippen LogP contribution in [0.1, 0.15) is 37.6 Å². The third-order valence-electron chi connectivity index (χ3n) is 2.93. The number of rotatable bonds is 5. The molecule has 1 N–H and O–H groups in total. The summed E-state index contributed by atoms with van der Waals surface area (Å²) in [6.07, 6.45) is 2.67. The van der Waals surface area contributed by atoms with Gasteiger partial charge in [0.05, 0.1) is 10.9 Å². The van der Waals surface area contributed by atoms with Crippen molar-refractivity contribution >= 4 is 32.6 Å². The monoisotopic (exact) mass is 323 g/mol. The van der Waals surface area contributed by atoms with Crippen molar-refractivity contribution in [2.45, 2.75) is 38.1 Å². The third-order valence-corrected chi connectivity index (χ3v) is 4.00. The molecule has 0 saturated heterocycles. The molecule has 2 rings (SSSR count). The molecule has 0 spiro atoms. The fourth-order valence-electron chi connectivity index (χ4n) is 2.00. The number of nitrogens with one attached hydrogen (secondary N) is 1. The third kappa shape index (κ3) is 3.00. The minimum absolute atomic E-state index is 0.107. The number of aromatic amines is 1. The Hall–Kier alpha value is -1.29. The number of fused-ring (bicyclic) bond motifs is 1. The highest BCUT2D eigenvalue weighted by Crippen LogP contribution is 2.26. The van der Waals surface area contributed by atoms with Crippen molar-refractivity contribution in [3.8, 4) is 5.75 Å². The maximum atomic E-state index is 12.3. The summed E-state index contributed by atoms with van der Waals surface area (Å²) in [6, 6.07) is 5.78. The number of H-pyrrole nitrogens is 1. The SMILES string of the molecule is CCC(Br)C(=O)c1c[nH]c2ccc(OC(C)C)cc12. The van der Waals surface area contributed by atoms with Gasteiger partial charge in [0.2, 0.25) is 0 Å². The highest BCUT2D eigenvalue weighted by Gasteiger charge is 2.19. The van der Waals surface area contributed by atoms with Crippen LogP contribution >= 0.6 is 15.9 Å². The largest absolute Gasteiger partial charge is 0.491 e. The molecule has 0 aliphatic rings. The number of benzene rings is 1. The van der Waals surface area contributed by atoms with E-state index in [2.05, 4.69) is 20.9 Å². The van der Waals surface area contributed by atoms with Crippen LogP contribution in [0.15, 0.2) is 24.4 Å². The molecule has 2 aromatic rings. The lowest BCUT2D eigenvalue weighted by atomic mass is 10.1. The Kier molecular flexibility index (Phi) is 4.30. The van der Waals surface area contributed by atoms with Crippen LogP contribution in [0.3, 0.4) is 0 Å². The molecule has 0 bridgehead atoms. The van der Waals surface area contributed by atoms with Crippen molar-refractivity contribution in [2.24, 2.45) is 0 Å². The lowest BCUT2D eigenvalue weighted by Crippen LogP contribution is -2.12. The highest BCUT2D eigenvalue weighted by atomic mass is 79.9. The minimum Gasteiger partial charge on any atom is -0.491 e. The average Bonchev–Trinajstić information content (AvgIpc) is 2.79. The molecule has 4 heteroatoms. The molecule has 19 heavy (non-hydrogen) atoms. The molecule has 0 aliphatic carbocycles. The summed E-state index contributed by atoms with van der Waals surface area (Å²) in [5.41, 5.74) is 1.67. The molecule has 3 nitrogen and oxygen atoms in total. The maximum absolute atomic E-state index is 12.3. The second-order valence-electron chi connectivity index (χ2n) is 4.82.